The van der Waals surface area contributed by atoms with Gasteiger partial charge in [-0.25, -0.2) is 0 Å². The highest BCUT2D eigenvalue weighted by atomic mass is 32.2. The molecule has 1 saturated heterocycles. The second kappa shape index (κ2) is 12.1. The molecule has 1 aliphatic rings. The summed E-state index contributed by atoms with van der Waals surface area (Å²) in [6.07, 6.45) is 5.62. The molecule has 2 rings (SSSR count). The van der Waals surface area contributed by atoms with E-state index in [1.165, 1.54) is 17.7 Å². The third-order valence-corrected chi connectivity index (χ3v) is 5.16. The summed E-state index contributed by atoms with van der Waals surface area (Å²) in [7, 11) is 1.81. The molecule has 0 aliphatic carbocycles. The molecule has 1 fully saturated rings. The average Bonchev–Trinajstić information content (AvgIpc) is 3.17. The molecule has 146 valence electrons. The van der Waals surface area contributed by atoms with Crippen molar-refractivity contribution in [3.8, 4) is 5.75 Å². The van der Waals surface area contributed by atoms with Crippen LogP contribution >= 0.6 is 11.8 Å². The number of aryl methyl sites for hydroxylation is 1. The molecule has 1 heterocycles. The van der Waals surface area contributed by atoms with Crippen LogP contribution in [0.15, 0.2) is 23.2 Å². The molecule has 5 nitrogen and oxygen atoms in total. The van der Waals surface area contributed by atoms with E-state index in [0.29, 0.717) is 12.5 Å². The van der Waals surface area contributed by atoms with Crippen molar-refractivity contribution in [2.24, 2.45) is 10.9 Å². The van der Waals surface area contributed by atoms with E-state index >= 15 is 0 Å². The van der Waals surface area contributed by atoms with Crippen LogP contribution in [0.2, 0.25) is 0 Å². The molecule has 1 aliphatic heterocycles. The maximum absolute atomic E-state index is 6.11. The molecule has 1 atom stereocenters. The summed E-state index contributed by atoms with van der Waals surface area (Å²) in [4.78, 5) is 4.31. The Morgan fingerprint density at radius 3 is 2.96 bits per heavy atom. The topological polar surface area (TPSA) is 54.9 Å². The van der Waals surface area contributed by atoms with Crippen LogP contribution in [-0.4, -0.2) is 51.4 Å². The van der Waals surface area contributed by atoms with E-state index < -0.39 is 0 Å². The SMILES string of the molecule is CN=C(NCCCCSC)NCc1ccc(C)cc1OCC1CCOC1. The van der Waals surface area contributed by atoms with Gasteiger partial charge in [0, 0.05) is 38.2 Å². The largest absolute Gasteiger partial charge is 0.493 e. The minimum absolute atomic E-state index is 0.507. The third kappa shape index (κ3) is 7.46. The van der Waals surface area contributed by atoms with Gasteiger partial charge in [0.25, 0.3) is 0 Å². The van der Waals surface area contributed by atoms with Gasteiger partial charge in [0.2, 0.25) is 0 Å². The van der Waals surface area contributed by atoms with Crippen molar-refractivity contribution in [2.45, 2.75) is 32.7 Å². The number of guanidine groups is 1. The number of unbranched alkanes of at least 4 members (excludes halogenated alkanes) is 1. The summed E-state index contributed by atoms with van der Waals surface area (Å²) in [5, 5.41) is 6.77. The molecular weight excluding hydrogens is 346 g/mol. The Bertz CT molecular complexity index is 560. The number of nitrogens with one attached hydrogen (secondary N) is 2. The molecule has 0 bridgehead atoms. The Morgan fingerprint density at radius 1 is 1.35 bits per heavy atom. The lowest BCUT2D eigenvalue weighted by molar-refractivity contribution is 0.166. The van der Waals surface area contributed by atoms with Gasteiger partial charge in [0.15, 0.2) is 5.96 Å². The highest BCUT2D eigenvalue weighted by molar-refractivity contribution is 7.98. The highest BCUT2D eigenvalue weighted by Gasteiger charge is 2.17. The van der Waals surface area contributed by atoms with Gasteiger partial charge in [0.05, 0.1) is 13.2 Å². The van der Waals surface area contributed by atoms with Crippen LogP contribution in [0, 0.1) is 12.8 Å². The molecule has 0 saturated carbocycles. The quantitative estimate of drug-likeness (QED) is 0.371. The fourth-order valence-electron chi connectivity index (χ4n) is 2.84. The van der Waals surface area contributed by atoms with Gasteiger partial charge in [-0.05, 0) is 49.8 Å². The van der Waals surface area contributed by atoms with Gasteiger partial charge < -0.3 is 20.1 Å². The van der Waals surface area contributed by atoms with Crippen molar-refractivity contribution in [1.82, 2.24) is 10.6 Å². The zero-order valence-corrected chi connectivity index (χ0v) is 17.2. The van der Waals surface area contributed by atoms with Crippen molar-refractivity contribution in [1.29, 1.82) is 0 Å². The van der Waals surface area contributed by atoms with E-state index in [-0.39, 0.29) is 0 Å². The van der Waals surface area contributed by atoms with Crippen LogP contribution in [0.1, 0.15) is 30.4 Å². The van der Waals surface area contributed by atoms with Crippen LogP contribution in [0.25, 0.3) is 0 Å². The molecule has 0 amide bonds. The number of aliphatic imine (C=N–C) groups is 1. The molecule has 6 heteroatoms. The van der Waals surface area contributed by atoms with E-state index in [0.717, 1.165) is 56.5 Å². The minimum atomic E-state index is 0.507. The summed E-state index contributed by atoms with van der Waals surface area (Å²) < 4.78 is 11.5. The van der Waals surface area contributed by atoms with Crippen LogP contribution in [0.3, 0.4) is 0 Å². The monoisotopic (exact) mass is 379 g/mol. The van der Waals surface area contributed by atoms with E-state index in [9.17, 15) is 0 Å². The lowest BCUT2D eigenvalue weighted by atomic mass is 10.1. The first kappa shape index (κ1) is 20.9. The van der Waals surface area contributed by atoms with Gasteiger partial charge in [-0.2, -0.15) is 11.8 Å². The van der Waals surface area contributed by atoms with Crippen LogP contribution in [0.5, 0.6) is 5.75 Å². The smallest absolute Gasteiger partial charge is 0.191 e. The molecule has 0 aromatic heterocycles. The van der Waals surface area contributed by atoms with Crippen molar-refractivity contribution in [2.75, 3.05) is 45.4 Å². The Morgan fingerprint density at radius 2 is 2.23 bits per heavy atom. The third-order valence-electron chi connectivity index (χ3n) is 4.46. The normalized spacial score (nSPS) is 17.3. The van der Waals surface area contributed by atoms with Crippen molar-refractivity contribution >= 4 is 17.7 Å². The van der Waals surface area contributed by atoms with Crippen LogP contribution < -0.4 is 15.4 Å². The fraction of sp³-hybridized carbons (Fsp3) is 0.650. The Balaban J connectivity index is 1.82. The second-order valence-electron chi connectivity index (χ2n) is 6.70. The average molecular weight is 380 g/mol. The van der Waals surface area contributed by atoms with E-state index in [1.54, 1.807) is 0 Å². The van der Waals surface area contributed by atoms with Gasteiger partial charge in [0.1, 0.15) is 5.75 Å². The molecule has 0 radical (unpaired) electrons. The number of nitrogens with zero attached hydrogens (tertiary/aromatic N) is 1. The van der Waals surface area contributed by atoms with Crippen molar-refractivity contribution < 1.29 is 9.47 Å². The molecule has 26 heavy (non-hydrogen) atoms. The Labute approximate surface area is 162 Å². The van der Waals surface area contributed by atoms with Crippen molar-refractivity contribution in [3.05, 3.63) is 29.3 Å². The number of benzene rings is 1. The molecule has 2 N–H and O–H groups in total. The highest BCUT2D eigenvalue weighted by Crippen LogP contribution is 2.22. The van der Waals surface area contributed by atoms with Gasteiger partial charge >= 0.3 is 0 Å². The minimum Gasteiger partial charge on any atom is -0.493 e. The predicted molar refractivity (Wildman–Crippen MR) is 111 cm³/mol. The molecule has 1 unspecified atom stereocenters. The maximum Gasteiger partial charge on any atom is 0.191 e. The van der Waals surface area contributed by atoms with Crippen molar-refractivity contribution in [3.63, 3.8) is 0 Å². The van der Waals surface area contributed by atoms with E-state index in [4.69, 9.17) is 9.47 Å². The van der Waals surface area contributed by atoms with Crippen LogP contribution in [-0.2, 0) is 11.3 Å². The standard InChI is InChI=1S/C20H33N3O2S/c1-16-6-7-18(19(12-16)25-15-17-8-10-24-14-17)13-23-20(21-2)22-9-4-5-11-26-3/h6-7,12,17H,4-5,8-11,13-15H2,1-3H3,(H2,21,22,23). The second-order valence-corrected chi connectivity index (χ2v) is 7.69. The summed E-state index contributed by atoms with van der Waals surface area (Å²) in [6.45, 7) is 6.12. The fourth-order valence-corrected chi connectivity index (χ4v) is 3.34. The number of thioether (sulfide) groups is 1. The zero-order valence-electron chi connectivity index (χ0n) is 16.3. The zero-order chi connectivity index (χ0) is 18.6. The molecule has 1 aromatic rings. The van der Waals surface area contributed by atoms with Crippen LogP contribution in [0.4, 0.5) is 0 Å². The van der Waals surface area contributed by atoms with Gasteiger partial charge in [-0.1, -0.05) is 12.1 Å². The number of ether oxygens (including phenoxy) is 2. The van der Waals surface area contributed by atoms with E-state index in [1.807, 2.05) is 18.8 Å². The first-order valence-electron chi connectivity index (χ1n) is 9.46. The predicted octanol–water partition coefficient (Wildman–Crippen LogP) is 3.22. The maximum atomic E-state index is 6.11. The summed E-state index contributed by atoms with van der Waals surface area (Å²) in [5.41, 5.74) is 2.36. The summed E-state index contributed by atoms with van der Waals surface area (Å²) in [6, 6.07) is 6.38. The lowest BCUT2D eigenvalue weighted by Crippen LogP contribution is -2.37. The first-order valence-corrected chi connectivity index (χ1v) is 10.9. The molecule has 1 aromatic carbocycles. The number of hydrogen-bond acceptors (Lipinski definition) is 4. The number of hydrogen-bond donors (Lipinski definition) is 2. The van der Waals surface area contributed by atoms with Gasteiger partial charge in [-0.15, -0.1) is 0 Å². The Kier molecular flexibility index (Phi) is 9.71. The number of rotatable bonds is 10. The van der Waals surface area contributed by atoms with E-state index in [2.05, 4.69) is 47.0 Å². The molecular formula is C20H33N3O2S. The summed E-state index contributed by atoms with van der Waals surface area (Å²) in [5.74, 6) is 3.51. The Hall–Kier alpha value is -1.40. The summed E-state index contributed by atoms with van der Waals surface area (Å²) >= 11 is 1.89. The first-order chi connectivity index (χ1) is 12.7. The lowest BCUT2D eigenvalue weighted by Gasteiger charge is -2.17. The molecule has 0 spiro atoms. The van der Waals surface area contributed by atoms with Gasteiger partial charge in [-0.3, -0.25) is 4.99 Å².